The van der Waals surface area contributed by atoms with Gasteiger partial charge in [0.25, 0.3) is 10.0 Å². The molecular formula is C30H28ClN3O3S. The fourth-order valence-electron chi connectivity index (χ4n) is 4.79. The standard InChI is InChI=1S/C30H28ClN3O3S/c1-4-33-27-8-6-5-7-25(27)26-18-23(13-16-28(26)33)32-30(35)19-34(29-17-22(31)12-11-21(29)3)38(36,37)24-14-9-20(2)10-15-24/h5-18H,4,19H2,1-3H3,(H,32,35). The molecule has 6 nitrogen and oxygen atoms in total. The minimum Gasteiger partial charge on any atom is -0.341 e. The smallest absolute Gasteiger partial charge is 0.264 e. The van der Waals surface area contributed by atoms with Crippen molar-refractivity contribution in [2.24, 2.45) is 0 Å². The molecule has 8 heteroatoms. The molecule has 0 fully saturated rings. The van der Waals surface area contributed by atoms with Crippen LogP contribution in [0.4, 0.5) is 11.4 Å². The Hall–Kier alpha value is -3.81. The summed E-state index contributed by atoms with van der Waals surface area (Å²) in [7, 11) is -4.05. The van der Waals surface area contributed by atoms with Crippen LogP contribution in [0.15, 0.2) is 89.8 Å². The van der Waals surface area contributed by atoms with Crippen LogP contribution in [0.25, 0.3) is 21.8 Å². The predicted molar refractivity (Wildman–Crippen MR) is 156 cm³/mol. The second-order valence-corrected chi connectivity index (χ2v) is 11.6. The van der Waals surface area contributed by atoms with Crippen molar-refractivity contribution in [1.29, 1.82) is 0 Å². The topological polar surface area (TPSA) is 71.4 Å². The number of carbonyl (C=O) groups excluding carboxylic acids is 1. The molecular weight excluding hydrogens is 518 g/mol. The van der Waals surface area contributed by atoms with E-state index < -0.39 is 22.5 Å². The number of amides is 1. The summed E-state index contributed by atoms with van der Waals surface area (Å²) in [4.78, 5) is 13.4. The van der Waals surface area contributed by atoms with E-state index in [4.69, 9.17) is 11.6 Å². The molecule has 1 amide bonds. The highest BCUT2D eigenvalue weighted by molar-refractivity contribution is 7.92. The van der Waals surface area contributed by atoms with Crippen molar-refractivity contribution in [1.82, 2.24) is 4.57 Å². The van der Waals surface area contributed by atoms with Crippen LogP contribution in [-0.2, 0) is 21.4 Å². The van der Waals surface area contributed by atoms with Gasteiger partial charge in [-0.3, -0.25) is 9.10 Å². The molecule has 0 unspecified atom stereocenters. The number of fused-ring (bicyclic) bond motifs is 3. The number of aryl methyl sites for hydroxylation is 3. The molecule has 0 spiro atoms. The molecule has 1 N–H and O–H groups in total. The zero-order chi connectivity index (χ0) is 27.0. The molecule has 0 aliphatic heterocycles. The Morgan fingerprint density at radius 3 is 2.34 bits per heavy atom. The van der Waals surface area contributed by atoms with Crippen molar-refractivity contribution >= 4 is 60.7 Å². The molecule has 0 radical (unpaired) electrons. The van der Waals surface area contributed by atoms with Crippen LogP contribution in [0.5, 0.6) is 0 Å². The number of carbonyl (C=O) groups is 1. The zero-order valence-corrected chi connectivity index (χ0v) is 23.0. The first kappa shape index (κ1) is 25.8. The van der Waals surface area contributed by atoms with Gasteiger partial charge in [-0.25, -0.2) is 8.42 Å². The third kappa shape index (κ3) is 4.75. The van der Waals surface area contributed by atoms with Crippen molar-refractivity contribution in [3.63, 3.8) is 0 Å². The summed E-state index contributed by atoms with van der Waals surface area (Å²) in [5.74, 6) is -0.460. The Kier molecular flexibility index (Phi) is 6.90. The zero-order valence-electron chi connectivity index (χ0n) is 21.4. The fourth-order valence-corrected chi connectivity index (χ4v) is 6.44. The van der Waals surface area contributed by atoms with E-state index in [1.165, 1.54) is 0 Å². The number of nitrogens with zero attached hydrogens (tertiary/aromatic N) is 2. The van der Waals surface area contributed by atoms with E-state index in [1.54, 1.807) is 49.4 Å². The van der Waals surface area contributed by atoms with Crippen molar-refractivity contribution < 1.29 is 13.2 Å². The van der Waals surface area contributed by atoms with Gasteiger partial charge in [0.2, 0.25) is 5.91 Å². The first-order valence-electron chi connectivity index (χ1n) is 12.4. The summed E-state index contributed by atoms with van der Waals surface area (Å²) in [6.07, 6.45) is 0. The average Bonchev–Trinajstić information content (AvgIpc) is 3.22. The molecule has 5 rings (SSSR count). The second kappa shape index (κ2) is 10.2. The molecule has 4 aromatic carbocycles. The highest BCUT2D eigenvalue weighted by Crippen LogP contribution is 2.32. The number of hydrogen-bond acceptors (Lipinski definition) is 3. The van der Waals surface area contributed by atoms with E-state index in [0.717, 1.165) is 38.2 Å². The van der Waals surface area contributed by atoms with Crippen molar-refractivity contribution in [3.05, 3.63) is 101 Å². The normalized spacial score (nSPS) is 11.7. The highest BCUT2D eigenvalue weighted by atomic mass is 35.5. The lowest BCUT2D eigenvalue weighted by Gasteiger charge is -2.26. The van der Waals surface area contributed by atoms with Gasteiger partial charge in [0.1, 0.15) is 6.54 Å². The van der Waals surface area contributed by atoms with Gasteiger partial charge in [-0.1, -0.05) is 53.6 Å². The molecule has 5 aromatic rings. The molecule has 0 aliphatic rings. The van der Waals surface area contributed by atoms with Gasteiger partial charge >= 0.3 is 0 Å². The molecule has 1 heterocycles. The first-order valence-corrected chi connectivity index (χ1v) is 14.2. The molecule has 0 saturated carbocycles. The van der Waals surface area contributed by atoms with E-state index >= 15 is 0 Å². The molecule has 194 valence electrons. The molecule has 0 aliphatic carbocycles. The number of hydrogen-bond donors (Lipinski definition) is 1. The van der Waals surface area contributed by atoms with E-state index in [9.17, 15) is 13.2 Å². The molecule has 38 heavy (non-hydrogen) atoms. The number of aromatic nitrogens is 1. The average molecular weight is 546 g/mol. The summed E-state index contributed by atoms with van der Waals surface area (Å²) < 4.78 is 30.9. The number of halogens is 1. The minimum atomic E-state index is -4.05. The minimum absolute atomic E-state index is 0.101. The van der Waals surface area contributed by atoms with Gasteiger partial charge in [0, 0.05) is 39.1 Å². The number of rotatable bonds is 7. The van der Waals surface area contributed by atoms with Gasteiger partial charge < -0.3 is 9.88 Å². The van der Waals surface area contributed by atoms with E-state index in [1.807, 2.05) is 37.3 Å². The summed E-state index contributed by atoms with van der Waals surface area (Å²) >= 11 is 6.24. The van der Waals surface area contributed by atoms with Crippen molar-refractivity contribution in [2.75, 3.05) is 16.2 Å². The Labute approximate surface area is 227 Å². The summed E-state index contributed by atoms with van der Waals surface area (Å²) in [6.45, 7) is 6.19. The summed E-state index contributed by atoms with van der Waals surface area (Å²) in [6, 6.07) is 25.5. The quantitative estimate of drug-likeness (QED) is 0.241. The summed E-state index contributed by atoms with van der Waals surface area (Å²) in [5, 5.41) is 5.41. The number of para-hydroxylation sites is 1. The highest BCUT2D eigenvalue weighted by Gasteiger charge is 2.28. The first-order chi connectivity index (χ1) is 18.2. The van der Waals surface area contributed by atoms with Crippen LogP contribution >= 0.6 is 11.6 Å². The van der Waals surface area contributed by atoms with Crippen LogP contribution < -0.4 is 9.62 Å². The Morgan fingerprint density at radius 2 is 1.61 bits per heavy atom. The lowest BCUT2D eigenvalue weighted by Crippen LogP contribution is -2.38. The molecule has 0 saturated heterocycles. The van der Waals surface area contributed by atoms with Gasteiger partial charge in [-0.15, -0.1) is 0 Å². The number of sulfonamides is 1. The van der Waals surface area contributed by atoms with E-state index in [0.29, 0.717) is 22.0 Å². The molecule has 0 atom stereocenters. The van der Waals surface area contributed by atoms with Gasteiger partial charge in [0.15, 0.2) is 0 Å². The second-order valence-electron chi connectivity index (χ2n) is 9.30. The van der Waals surface area contributed by atoms with Crippen molar-refractivity contribution in [2.45, 2.75) is 32.2 Å². The fraction of sp³-hybridized carbons (Fsp3) is 0.167. The molecule has 1 aromatic heterocycles. The largest absolute Gasteiger partial charge is 0.341 e. The Balaban J connectivity index is 1.51. The lowest BCUT2D eigenvalue weighted by atomic mass is 10.1. The molecule has 0 bridgehead atoms. The Morgan fingerprint density at radius 1 is 0.895 bits per heavy atom. The van der Waals surface area contributed by atoms with Gasteiger partial charge in [0.05, 0.1) is 10.6 Å². The SMILES string of the molecule is CCn1c2ccccc2c2cc(NC(=O)CN(c3cc(Cl)ccc3C)S(=O)(=O)c3ccc(C)cc3)ccc21. The monoisotopic (exact) mass is 545 g/mol. The van der Waals surface area contributed by atoms with Gasteiger partial charge in [-0.05, 0) is 74.9 Å². The van der Waals surface area contributed by atoms with Crippen LogP contribution in [-0.4, -0.2) is 25.4 Å². The van der Waals surface area contributed by atoms with E-state index in [-0.39, 0.29) is 4.90 Å². The van der Waals surface area contributed by atoms with E-state index in [2.05, 4.69) is 28.9 Å². The maximum Gasteiger partial charge on any atom is 0.264 e. The number of nitrogens with one attached hydrogen (secondary N) is 1. The van der Waals surface area contributed by atoms with Crippen LogP contribution in [0.2, 0.25) is 5.02 Å². The predicted octanol–water partition coefficient (Wildman–Crippen LogP) is 6.92. The lowest BCUT2D eigenvalue weighted by molar-refractivity contribution is -0.114. The third-order valence-electron chi connectivity index (χ3n) is 6.71. The van der Waals surface area contributed by atoms with Crippen molar-refractivity contribution in [3.8, 4) is 0 Å². The number of anilines is 2. The van der Waals surface area contributed by atoms with Crippen LogP contribution in [0.3, 0.4) is 0 Å². The van der Waals surface area contributed by atoms with Gasteiger partial charge in [-0.2, -0.15) is 0 Å². The maximum atomic E-state index is 13.8. The third-order valence-corrected chi connectivity index (χ3v) is 8.72. The van der Waals surface area contributed by atoms with Crippen LogP contribution in [0.1, 0.15) is 18.1 Å². The Bertz CT molecular complexity index is 1780. The van der Waals surface area contributed by atoms with Crippen LogP contribution in [0, 0.1) is 13.8 Å². The summed E-state index contributed by atoms with van der Waals surface area (Å²) in [5.41, 5.74) is 4.77. The number of benzene rings is 4. The maximum absolute atomic E-state index is 13.8.